The van der Waals surface area contributed by atoms with Gasteiger partial charge in [0.15, 0.2) is 0 Å². The van der Waals surface area contributed by atoms with Gasteiger partial charge in [0, 0.05) is 10.0 Å². The SMILES string of the molecule is CCNC(c1cc(C)c(C)cc1Cl)c1cccc(C)c1Cl. The summed E-state index contributed by atoms with van der Waals surface area (Å²) in [6.45, 7) is 9.14. The maximum absolute atomic E-state index is 6.51. The molecule has 2 aromatic carbocycles. The Morgan fingerprint density at radius 1 is 0.952 bits per heavy atom. The average molecular weight is 322 g/mol. The molecule has 2 aromatic rings. The monoisotopic (exact) mass is 321 g/mol. The first-order valence-electron chi connectivity index (χ1n) is 7.20. The standard InChI is InChI=1S/C18H21Cl2N/c1-5-21-18(14-8-6-7-11(2)17(14)20)15-9-12(3)13(4)10-16(15)19/h6-10,18,21H,5H2,1-4H3. The van der Waals surface area contributed by atoms with Gasteiger partial charge in [-0.1, -0.05) is 54.4 Å². The molecule has 0 saturated heterocycles. The molecule has 0 bridgehead atoms. The molecule has 0 heterocycles. The van der Waals surface area contributed by atoms with Crippen LogP contribution in [0.1, 0.15) is 40.8 Å². The fraction of sp³-hybridized carbons (Fsp3) is 0.333. The Bertz CT molecular complexity index is 650. The molecule has 0 aromatic heterocycles. The Morgan fingerprint density at radius 3 is 2.29 bits per heavy atom. The predicted molar refractivity (Wildman–Crippen MR) is 92.6 cm³/mol. The molecule has 0 saturated carbocycles. The molecule has 1 unspecified atom stereocenters. The van der Waals surface area contributed by atoms with E-state index in [1.807, 2.05) is 25.1 Å². The van der Waals surface area contributed by atoms with E-state index < -0.39 is 0 Å². The van der Waals surface area contributed by atoms with Gasteiger partial charge < -0.3 is 5.32 Å². The van der Waals surface area contributed by atoms with E-state index in [-0.39, 0.29) is 6.04 Å². The highest BCUT2D eigenvalue weighted by atomic mass is 35.5. The topological polar surface area (TPSA) is 12.0 Å². The van der Waals surface area contributed by atoms with Crippen LogP contribution in [0.5, 0.6) is 0 Å². The minimum atomic E-state index is 0.00852. The Labute approximate surface area is 137 Å². The lowest BCUT2D eigenvalue weighted by Gasteiger charge is -2.23. The highest BCUT2D eigenvalue weighted by Crippen LogP contribution is 2.35. The number of rotatable bonds is 4. The maximum atomic E-state index is 6.51. The van der Waals surface area contributed by atoms with Crippen molar-refractivity contribution >= 4 is 23.2 Å². The smallest absolute Gasteiger partial charge is 0.0606 e. The van der Waals surface area contributed by atoms with Crippen LogP contribution in [0.15, 0.2) is 30.3 Å². The molecule has 0 radical (unpaired) electrons. The lowest BCUT2D eigenvalue weighted by atomic mass is 9.94. The number of halogens is 2. The van der Waals surface area contributed by atoms with Crippen LogP contribution < -0.4 is 5.32 Å². The molecule has 1 atom stereocenters. The van der Waals surface area contributed by atoms with Crippen LogP contribution in [0.25, 0.3) is 0 Å². The normalized spacial score (nSPS) is 12.5. The van der Waals surface area contributed by atoms with Crippen LogP contribution in [0.4, 0.5) is 0 Å². The molecular weight excluding hydrogens is 301 g/mol. The summed E-state index contributed by atoms with van der Waals surface area (Å²) in [5, 5.41) is 5.08. The number of benzene rings is 2. The fourth-order valence-corrected chi connectivity index (χ4v) is 3.07. The maximum Gasteiger partial charge on any atom is 0.0606 e. The lowest BCUT2D eigenvalue weighted by Crippen LogP contribution is -2.23. The Kier molecular flexibility index (Phi) is 5.32. The minimum Gasteiger partial charge on any atom is -0.306 e. The van der Waals surface area contributed by atoms with E-state index in [9.17, 15) is 0 Å². The van der Waals surface area contributed by atoms with Crippen molar-refractivity contribution in [1.82, 2.24) is 5.32 Å². The van der Waals surface area contributed by atoms with Crippen molar-refractivity contribution in [3.63, 3.8) is 0 Å². The summed E-state index contributed by atoms with van der Waals surface area (Å²) in [6, 6.07) is 10.3. The van der Waals surface area contributed by atoms with Crippen molar-refractivity contribution in [2.24, 2.45) is 0 Å². The van der Waals surface area contributed by atoms with Gasteiger partial charge in [-0.15, -0.1) is 0 Å². The zero-order valence-corrected chi connectivity index (χ0v) is 14.4. The summed E-state index contributed by atoms with van der Waals surface area (Å²) < 4.78 is 0. The van der Waals surface area contributed by atoms with Crippen molar-refractivity contribution in [1.29, 1.82) is 0 Å². The first-order valence-corrected chi connectivity index (χ1v) is 7.96. The molecule has 2 rings (SSSR count). The molecule has 0 aliphatic heterocycles. The third kappa shape index (κ3) is 3.42. The molecule has 0 spiro atoms. The molecule has 0 aliphatic rings. The van der Waals surface area contributed by atoms with Gasteiger partial charge in [0.25, 0.3) is 0 Å². The second-order valence-electron chi connectivity index (χ2n) is 5.43. The number of hydrogen-bond acceptors (Lipinski definition) is 1. The Balaban J connectivity index is 2.59. The van der Waals surface area contributed by atoms with Crippen LogP contribution in [0, 0.1) is 20.8 Å². The van der Waals surface area contributed by atoms with E-state index >= 15 is 0 Å². The van der Waals surface area contributed by atoms with E-state index in [1.54, 1.807) is 0 Å². The molecule has 0 fully saturated rings. The lowest BCUT2D eigenvalue weighted by molar-refractivity contribution is 0.630. The summed E-state index contributed by atoms with van der Waals surface area (Å²) in [5.41, 5.74) is 5.67. The quantitative estimate of drug-likeness (QED) is 0.770. The van der Waals surface area contributed by atoms with Crippen LogP contribution >= 0.6 is 23.2 Å². The summed E-state index contributed by atoms with van der Waals surface area (Å²) in [6.07, 6.45) is 0. The third-order valence-electron chi connectivity index (χ3n) is 3.86. The molecule has 3 heteroatoms. The number of nitrogens with one attached hydrogen (secondary N) is 1. The summed E-state index contributed by atoms with van der Waals surface area (Å²) >= 11 is 13.0. The van der Waals surface area contributed by atoms with Gasteiger partial charge in [-0.2, -0.15) is 0 Å². The van der Waals surface area contributed by atoms with E-state index in [0.717, 1.165) is 33.3 Å². The summed E-state index contributed by atoms with van der Waals surface area (Å²) in [7, 11) is 0. The van der Waals surface area contributed by atoms with E-state index in [1.165, 1.54) is 11.1 Å². The van der Waals surface area contributed by atoms with Crippen LogP contribution in [0.2, 0.25) is 10.0 Å². The van der Waals surface area contributed by atoms with Gasteiger partial charge in [0.2, 0.25) is 0 Å². The Hall–Kier alpha value is -1.02. The van der Waals surface area contributed by atoms with Crippen LogP contribution in [-0.4, -0.2) is 6.54 Å². The predicted octanol–water partition coefficient (Wildman–Crippen LogP) is 5.62. The fourth-order valence-electron chi connectivity index (χ4n) is 2.51. The van der Waals surface area contributed by atoms with Crippen molar-refractivity contribution in [2.45, 2.75) is 33.7 Å². The molecule has 112 valence electrons. The number of aryl methyl sites for hydroxylation is 3. The van der Waals surface area contributed by atoms with Gasteiger partial charge in [-0.05, 0) is 61.2 Å². The van der Waals surface area contributed by atoms with Crippen molar-refractivity contribution in [3.05, 3.63) is 68.2 Å². The van der Waals surface area contributed by atoms with Gasteiger partial charge in [0.05, 0.1) is 6.04 Å². The van der Waals surface area contributed by atoms with Gasteiger partial charge in [0.1, 0.15) is 0 Å². The zero-order valence-electron chi connectivity index (χ0n) is 12.9. The first-order chi connectivity index (χ1) is 9.95. The van der Waals surface area contributed by atoms with Crippen molar-refractivity contribution in [3.8, 4) is 0 Å². The number of hydrogen-bond donors (Lipinski definition) is 1. The largest absolute Gasteiger partial charge is 0.306 e. The summed E-state index contributed by atoms with van der Waals surface area (Å²) in [4.78, 5) is 0. The molecule has 1 N–H and O–H groups in total. The van der Waals surface area contributed by atoms with Crippen LogP contribution in [-0.2, 0) is 0 Å². The summed E-state index contributed by atoms with van der Waals surface area (Å²) in [5.74, 6) is 0. The minimum absolute atomic E-state index is 0.00852. The van der Waals surface area contributed by atoms with Crippen molar-refractivity contribution in [2.75, 3.05) is 6.54 Å². The zero-order chi connectivity index (χ0) is 15.6. The second kappa shape index (κ2) is 6.83. The van der Waals surface area contributed by atoms with Gasteiger partial charge in [-0.25, -0.2) is 0 Å². The van der Waals surface area contributed by atoms with E-state index in [0.29, 0.717) is 0 Å². The first kappa shape index (κ1) is 16.4. The van der Waals surface area contributed by atoms with Crippen LogP contribution in [0.3, 0.4) is 0 Å². The molecular formula is C18H21Cl2N. The molecule has 21 heavy (non-hydrogen) atoms. The van der Waals surface area contributed by atoms with E-state index in [4.69, 9.17) is 23.2 Å². The van der Waals surface area contributed by atoms with Crippen molar-refractivity contribution < 1.29 is 0 Å². The average Bonchev–Trinajstić information content (AvgIpc) is 2.44. The highest BCUT2D eigenvalue weighted by molar-refractivity contribution is 6.32. The van der Waals surface area contributed by atoms with Gasteiger partial charge >= 0.3 is 0 Å². The molecule has 0 aliphatic carbocycles. The van der Waals surface area contributed by atoms with E-state index in [2.05, 4.69) is 38.2 Å². The second-order valence-corrected chi connectivity index (χ2v) is 6.21. The highest BCUT2D eigenvalue weighted by Gasteiger charge is 2.20. The Morgan fingerprint density at radius 2 is 1.62 bits per heavy atom. The third-order valence-corrected chi connectivity index (χ3v) is 4.71. The molecule has 0 amide bonds. The molecule has 1 nitrogen and oxygen atoms in total. The van der Waals surface area contributed by atoms with Gasteiger partial charge in [-0.3, -0.25) is 0 Å².